The van der Waals surface area contributed by atoms with E-state index >= 15 is 0 Å². The van der Waals surface area contributed by atoms with Gasteiger partial charge in [-0.25, -0.2) is 0 Å². The third-order valence-electron chi connectivity index (χ3n) is 1.80. The maximum Gasteiger partial charge on any atom is -0.0208 e. The standard InChI is InChI=1S/C10H19/c1-4-7-8-9-10(5-2)6-3/h5,9-10H,2,4,6-8H2,1,3H3. The van der Waals surface area contributed by atoms with Crippen LogP contribution in [0.2, 0.25) is 0 Å². The van der Waals surface area contributed by atoms with Crippen molar-refractivity contribution in [2.24, 2.45) is 5.92 Å². The third kappa shape index (κ3) is 4.60. The second-order valence-corrected chi connectivity index (χ2v) is 2.69. The zero-order valence-corrected chi connectivity index (χ0v) is 7.27. The zero-order chi connectivity index (χ0) is 7.82. The van der Waals surface area contributed by atoms with Gasteiger partial charge in [0.2, 0.25) is 0 Å². The van der Waals surface area contributed by atoms with Crippen LogP contribution < -0.4 is 0 Å². The molecule has 59 valence electrons. The molecule has 0 aromatic carbocycles. The quantitative estimate of drug-likeness (QED) is 0.389. The highest BCUT2D eigenvalue weighted by Gasteiger charge is 1.98. The highest BCUT2D eigenvalue weighted by Crippen LogP contribution is 2.12. The van der Waals surface area contributed by atoms with E-state index in [0.717, 1.165) is 0 Å². The minimum atomic E-state index is 0.645. The Kier molecular flexibility index (Phi) is 6.68. The second kappa shape index (κ2) is 6.85. The van der Waals surface area contributed by atoms with Gasteiger partial charge in [-0.15, -0.1) is 6.58 Å². The summed E-state index contributed by atoms with van der Waals surface area (Å²) in [6, 6.07) is 0. The second-order valence-electron chi connectivity index (χ2n) is 2.69. The first-order valence-electron chi connectivity index (χ1n) is 4.31. The largest absolute Gasteiger partial charge is 0.103 e. The maximum atomic E-state index is 3.78. The van der Waals surface area contributed by atoms with Crippen LogP contribution in [-0.4, -0.2) is 0 Å². The lowest BCUT2D eigenvalue weighted by atomic mass is 9.99. The van der Waals surface area contributed by atoms with Gasteiger partial charge in [-0.1, -0.05) is 32.8 Å². The number of hydrogen-bond donors (Lipinski definition) is 0. The lowest BCUT2D eigenvalue weighted by Gasteiger charge is -2.06. The molecule has 0 aromatic heterocycles. The number of unbranched alkanes of at least 4 members (excludes halogenated alkanes) is 2. The van der Waals surface area contributed by atoms with Crippen molar-refractivity contribution in [3.8, 4) is 0 Å². The molecule has 0 saturated heterocycles. The third-order valence-corrected chi connectivity index (χ3v) is 1.80. The van der Waals surface area contributed by atoms with Crippen LogP contribution in [0.25, 0.3) is 0 Å². The number of allylic oxidation sites excluding steroid dienone is 1. The van der Waals surface area contributed by atoms with E-state index < -0.39 is 0 Å². The minimum absolute atomic E-state index is 0.645. The van der Waals surface area contributed by atoms with Crippen LogP contribution in [0.4, 0.5) is 0 Å². The van der Waals surface area contributed by atoms with Crippen molar-refractivity contribution in [1.29, 1.82) is 0 Å². The average molecular weight is 139 g/mol. The fourth-order valence-corrected chi connectivity index (χ4v) is 0.966. The van der Waals surface area contributed by atoms with Crippen molar-refractivity contribution in [3.63, 3.8) is 0 Å². The summed E-state index contributed by atoms with van der Waals surface area (Å²) >= 11 is 0. The summed E-state index contributed by atoms with van der Waals surface area (Å²) in [4.78, 5) is 0. The van der Waals surface area contributed by atoms with Crippen LogP contribution in [0.5, 0.6) is 0 Å². The number of rotatable bonds is 6. The molecule has 0 bridgehead atoms. The van der Waals surface area contributed by atoms with Gasteiger partial charge in [0.1, 0.15) is 0 Å². The molecule has 0 aliphatic heterocycles. The monoisotopic (exact) mass is 139 g/mol. The van der Waals surface area contributed by atoms with Gasteiger partial charge in [0.15, 0.2) is 0 Å². The molecule has 0 heteroatoms. The Balaban J connectivity index is 3.17. The fraction of sp³-hybridized carbons (Fsp3) is 0.700. The van der Waals surface area contributed by atoms with E-state index in [2.05, 4.69) is 26.8 Å². The average Bonchev–Trinajstić information content (AvgIpc) is 1.99. The lowest BCUT2D eigenvalue weighted by Crippen LogP contribution is -1.93. The van der Waals surface area contributed by atoms with E-state index in [1.807, 2.05) is 6.08 Å². The normalized spacial score (nSPS) is 13.0. The van der Waals surface area contributed by atoms with Gasteiger partial charge in [0.25, 0.3) is 0 Å². The molecule has 1 atom stereocenters. The Bertz CT molecular complexity index is 74.1. The van der Waals surface area contributed by atoms with Crippen molar-refractivity contribution in [2.45, 2.75) is 39.5 Å². The summed E-state index contributed by atoms with van der Waals surface area (Å²) in [5, 5.41) is 0. The van der Waals surface area contributed by atoms with Gasteiger partial charge in [-0.05, 0) is 25.2 Å². The predicted molar refractivity (Wildman–Crippen MR) is 47.8 cm³/mol. The van der Waals surface area contributed by atoms with E-state index in [-0.39, 0.29) is 0 Å². The molecule has 0 fully saturated rings. The minimum Gasteiger partial charge on any atom is -0.103 e. The molecule has 0 aromatic rings. The van der Waals surface area contributed by atoms with Crippen molar-refractivity contribution in [2.75, 3.05) is 0 Å². The Hall–Kier alpha value is -0.260. The predicted octanol–water partition coefficient (Wildman–Crippen LogP) is 3.59. The summed E-state index contributed by atoms with van der Waals surface area (Å²) < 4.78 is 0. The molecule has 0 saturated carbocycles. The molecule has 0 heterocycles. The van der Waals surface area contributed by atoms with Crippen molar-refractivity contribution in [1.82, 2.24) is 0 Å². The SMILES string of the molecule is C=CC([CH]CCCC)CC. The van der Waals surface area contributed by atoms with Crippen molar-refractivity contribution in [3.05, 3.63) is 19.1 Å². The molecule has 1 radical (unpaired) electrons. The Morgan fingerprint density at radius 2 is 2.10 bits per heavy atom. The number of hydrogen-bond acceptors (Lipinski definition) is 0. The summed E-state index contributed by atoms with van der Waals surface area (Å²) in [5.74, 6) is 0.645. The Morgan fingerprint density at radius 3 is 2.50 bits per heavy atom. The summed E-state index contributed by atoms with van der Waals surface area (Å²) in [7, 11) is 0. The van der Waals surface area contributed by atoms with Crippen LogP contribution in [-0.2, 0) is 0 Å². The maximum absolute atomic E-state index is 3.78. The first kappa shape index (κ1) is 9.74. The van der Waals surface area contributed by atoms with Gasteiger partial charge in [0.05, 0.1) is 0 Å². The summed E-state index contributed by atoms with van der Waals surface area (Å²) in [6.45, 7) is 8.21. The van der Waals surface area contributed by atoms with E-state index in [0.29, 0.717) is 5.92 Å². The van der Waals surface area contributed by atoms with Gasteiger partial charge in [-0.3, -0.25) is 0 Å². The van der Waals surface area contributed by atoms with Crippen LogP contribution in [0.15, 0.2) is 12.7 Å². The fourth-order valence-electron chi connectivity index (χ4n) is 0.966. The van der Waals surface area contributed by atoms with Gasteiger partial charge in [0, 0.05) is 0 Å². The highest BCUT2D eigenvalue weighted by molar-refractivity contribution is 4.88. The van der Waals surface area contributed by atoms with E-state index in [1.54, 1.807) is 0 Å². The summed E-state index contributed by atoms with van der Waals surface area (Å²) in [6.07, 6.45) is 9.48. The first-order chi connectivity index (χ1) is 4.85. The molecule has 0 nitrogen and oxygen atoms in total. The molecular formula is C10H19. The molecule has 0 aliphatic rings. The molecule has 1 unspecified atom stereocenters. The topological polar surface area (TPSA) is 0 Å². The molecule has 10 heavy (non-hydrogen) atoms. The molecular weight excluding hydrogens is 120 g/mol. The lowest BCUT2D eigenvalue weighted by molar-refractivity contribution is 0.649. The van der Waals surface area contributed by atoms with Crippen LogP contribution in [0, 0.1) is 12.3 Å². The molecule has 0 N–H and O–H groups in total. The van der Waals surface area contributed by atoms with Crippen LogP contribution in [0.3, 0.4) is 0 Å². The summed E-state index contributed by atoms with van der Waals surface area (Å²) in [5.41, 5.74) is 0. The molecule has 0 amide bonds. The highest BCUT2D eigenvalue weighted by atomic mass is 14.0. The zero-order valence-electron chi connectivity index (χ0n) is 7.27. The first-order valence-corrected chi connectivity index (χ1v) is 4.31. The van der Waals surface area contributed by atoms with Crippen LogP contribution >= 0.6 is 0 Å². The van der Waals surface area contributed by atoms with Gasteiger partial charge < -0.3 is 0 Å². The molecule has 0 spiro atoms. The Labute approximate surface area is 65.3 Å². The van der Waals surface area contributed by atoms with Crippen LogP contribution in [0.1, 0.15) is 39.5 Å². The van der Waals surface area contributed by atoms with E-state index in [4.69, 9.17) is 0 Å². The van der Waals surface area contributed by atoms with Crippen molar-refractivity contribution >= 4 is 0 Å². The molecule has 0 aliphatic carbocycles. The van der Waals surface area contributed by atoms with Gasteiger partial charge in [-0.2, -0.15) is 0 Å². The van der Waals surface area contributed by atoms with E-state index in [9.17, 15) is 0 Å². The smallest absolute Gasteiger partial charge is 0.0208 e. The van der Waals surface area contributed by atoms with Crippen molar-refractivity contribution < 1.29 is 0 Å². The van der Waals surface area contributed by atoms with E-state index in [1.165, 1.54) is 25.7 Å². The Morgan fingerprint density at radius 1 is 1.40 bits per heavy atom. The molecule has 0 rings (SSSR count). The van der Waals surface area contributed by atoms with Gasteiger partial charge >= 0.3 is 0 Å².